The summed E-state index contributed by atoms with van der Waals surface area (Å²) < 4.78 is 29.4. The number of benzene rings is 1. The number of phenols is 1. The van der Waals surface area contributed by atoms with E-state index in [9.17, 15) is 28.9 Å². The topological polar surface area (TPSA) is 218 Å². The molecule has 3 rings (SSSR count). The van der Waals surface area contributed by atoms with Crippen LogP contribution in [0.15, 0.2) is 45.2 Å². The molecule has 0 spiro atoms. The molecule has 1 aliphatic rings. The predicted octanol–water partition coefficient (Wildman–Crippen LogP) is 1.01. The van der Waals surface area contributed by atoms with E-state index in [0.717, 1.165) is 11.7 Å². The van der Waals surface area contributed by atoms with E-state index in [2.05, 4.69) is 20.1 Å². The Hall–Kier alpha value is -3.45. The molecule has 0 aliphatic carbocycles. The largest absolute Gasteiger partial charge is 0.508 e. The van der Waals surface area contributed by atoms with Crippen molar-refractivity contribution in [3.63, 3.8) is 0 Å². The number of hydrogen-bond acceptors (Lipinski definition) is 9. The Labute approximate surface area is 203 Å². The van der Waals surface area contributed by atoms with Gasteiger partial charge in [0.2, 0.25) is 0 Å². The van der Waals surface area contributed by atoms with Gasteiger partial charge in [0.05, 0.1) is 25.9 Å². The molecule has 1 aromatic heterocycles. The smallest absolute Gasteiger partial charge is 0.403 e. The number of esters is 1. The second kappa shape index (κ2) is 11.5. The zero-order valence-corrected chi connectivity index (χ0v) is 20.2. The maximum Gasteiger partial charge on any atom is 0.403 e. The number of carbonyl (C=O) groups is 1. The molecule has 36 heavy (non-hydrogen) atoms. The molecule has 1 aromatic carbocycles. The van der Waals surface area contributed by atoms with Crippen molar-refractivity contribution < 1.29 is 33.4 Å². The van der Waals surface area contributed by atoms with E-state index >= 15 is 0 Å². The van der Waals surface area contributed by atoms with Gasteiger partial charge in [-0.1, -0.05) is 17.2 Å². The van der Waals surface area contributed by atoms with Crippen molar-refractivity contribution >= 4 is 13.7 Å². The van der Waals surface area contributed by atoms with E-state index in [4.69, 9.17) is 19.5 Å². The molecule has 1 saturated heterocycles. The summed E-state index contributed by atoms with van der Waals surface area (Å²) >= 11 is 0. The lowest BCUT2D eigenvalue weighted by Gasteiger charge is -2.22. The van der Waals surface area contributed by atoms with Crippen LogP contribution in [0, 0.1) is 6.92 Å². The van der Waals surface area contributed by atoms with Crippen LogP contribution in [0.1, 0.15) is 23.8 Å². The summed E-state index contributed by atoms with van der Waals surface area (Å²) in [5, 5.41) is 15.3. The molecule has 2 unspecified atom stereocenters. The normalized spacial score (nSPS) is 21.8. The highest BCUT2D eigenvalue weighted by Gasteiger charge is 2.39. The van der Waals surface area contributed by atoms with Gasteiger partial charge in [0.15, 0.2) is 0 Å². The maximum atomic E-state index is 12.7. The van der Waals surface area contributed by atoms with Crippen molar-refractivity contribution in [2.45, 2.75) is 44.2 Å². The average Bonchev–Trinajstić information content (AvgIpc) is 3.23. The number of aromatic hydroxyl groups is 1. The summed E-state index contributed by atoms with van der Waals surface area (Å²) in [5.41, 5.74) is 8.43. The molecular weight excluding hydrogens is 499 g/mol. The van der Waals surface area contributed by atoms with E-state index in [1.54, 1.807) is 0 Å². The van der Waals surface area contributed by atoms with Crippen LogP contribution in [0.25, 0.3) is 10.4 Å². The molecule has 2 heterocycles. The Morgan fingerprint density at radius 3 is 2.75 bits per heavy atom. The van der Waals surface area contributed by atoms with Crippen LogP contribution in [-0.2, 0) is 29.8 Å². The lowest BCUT2D eigenvalue weighted by Crippen LogP contribution is -2.38. The fraction of sp³-hybridized carbons (Fsp3) is 0.450. The van der Waals surface area contributed by atoms with E-state index in [0.29, 0.717) is 5.56 Å². The van der Waals surface area contributed by atoms with E-state index in [1.165, 1.54) is 37.4 Å². The van der Waals surface area contributed by atoms with Crippen molar-refractivity contribution in [1.82, 2.24) is 14.6 Å². The van der Waals surface area contributed by atoms with Gasteiger partial charge in [-0.15, -0.1) is 0 Å². The second-order valence-corrected chi connectivity index (χ2v) is 9.56. The molecule has 4 N–H and O–H groups in total. The van der Waals surface area contributed by atoms with Gasteiger partial charge in [0.25, 0.3) is 5.56 Å². The molecule has 0 amide bonds. The summed E-state index contributed by atoms with van der Waals surface area (Å²) in [4.78, 5) is 51.2. The van der Waals surface area contributed by atoms with Gasteiger partial charge >= 0.3 is 19.4 Å². The molecule has 0 radical (unpaired) electrons. The third-order valence-electron chi connectivity index (χ3n) is 5.45. The van der Waals surface area contributed by atoms with Crippen molar-refractivity contribution in [1.29, 1.82) is 0 Å². The van der Waals surface area contributed by atoms with Crippen molar-refractivity contribution in [2.24, 2.45) is 5.11 Å². The third-order valence-corrected chi connectivity index (χ3v) is 6.59. The maximum absolute atomic E-state index is 12.7. The molecule has 15 nitrogen and oxygen atoms in total. The molecular formula is C20H25N6O9P. The highest BCUT2D eigenvalue weighted by atomic mass is 31.2. The molecule has 0 saturated carbocycles. The zero-order valence-electron chi connectivity index (χ0n) is 19.3. The number of aromatic amines is 1. The van der Waals surface area contributed by atoms with Crippen LogP contribution in [0.2, 0.25) is 0 Å². The number of nitrogens with zero attached hydrogens (tertiary/aromatic N) is 4. The third kappa shape index (κ3) is 6.82. The highest BCUT2D eigenvalue weighted by Crippen LogP contribution is 2.40. The van der Waals surface area contributed by atoms with Crippen molar-refractivity contribution in [3.8, 4) is 5.75 Å². The molecule has 1 aliphatic heterocycles. The highest BCUT2D eigenvalue weighted by molar-refractivity contribution is 7.50. The van der Waals surface area contributed by atoms with Gasteiger partial charge < -0.3 is 19.5 Å². The van der Waals surface area contributed by atoms with E-state index < -0.39 is 56.0 Å². The Bertz CT molecular complexity index is 1300. The fourth-order valence-corrected chi connectivity index (χ4v) is 4.64. The van der Waals surface area contributed by atoms with Crippen LogP contribution >= 0.6 is 7.75 Å². The fourth-order valence-electron chi connectivity index (χ4n) is 3.62. The second-order valence-electron chi connectivity index (χ2n) is 8.01. The summed E-state index contributed by atoms with van der Waals surface area (Å²) in [6.45, 7) is 0.976. The number of aromatic nitrogens is 2. The first-order valence-corrected chi connectivity index (χ1v) is 12.2. The number of phenolic OH excluding ortho intramolecular Hbond substituents is 1. The monoisotopic (exact) mass is 524 g/mol. The minimum atomic E-state index is -4.61. The average molecular weight is 524 g/mol. The SMILES string of the molecule is COC(=O)[C@H](Cc1ccc(O)cc1)NP(=O)(O)OC[C@H]1OC(n2cc(C)c(=O)[nH]c2=O)C[C@H]1N=[N+]=[N-]. The standard InChI is InChI=1S/C20H25N6O9P/c1-11-9-26(20(30)22-18(11)28)17-8-14(23-25-21)16(35-17)10-34-36(31,32)24-15(19(29)33-2)7-12-3-5-13(27)6-4-12/h3-6,9,14-17,27H,7-8,10H2,1-2H3,(H,22,28,30)(H2,24,31,32)/t14-,15+,16-,17?/m1/s1. The Balaban J connectivity index is 1.70. The lowest BCUT2D eigenvalue weighted by atomic mass is 10.1. The minimum absolute atomic E-state index is 0.0150. The van der Waals surface area contributed by atoms with Gasteiger partial charge in [-0.3, -0.25) is 23.7 Å². The van der Waals surface area contributed by atoms with Crippen LogP contribution < -0.4 is 16.3 Å². The molecule has 1 fully saturated rings. The van der Waals surface area contributed by atoms with Crippen LogP contribution in [0.4, 0.5) is 0 Å². The quantitative estimate of drug-likeness (QED) is 0.114. The summed E-state index contributed by atoms with van der Waals surface area (Å²) in [6.07, 6.45) is -0.649. The van der Waals surface area contributed by atoms with Gasteiger partial charge in [-0.25, -0.2) is 14.4 Å². The Morgan fingerprint density at radius 2 is 2.11 bits per heavy atom. The zero-order chi connectivity index (χ0) is 26.5. The lowest BCUT2D eigenvalue weighted by molar-refractivity contribution is -0.142. The predicted molar refractivity (Wildman–Crippen MR) is 124 cm³/mol. The minimum Gasteiger partial charge on any atom is -0.508 e. The Kier molecular flexibility index (Phi) is 8.69. The summed E-state index contributed by atoms with van der Waals surface area (Å²) in [6, 6.07) is 3.76. The number of hydrogen-bond donors (Lipinski definition) is 4. The first-order valence-electron chi connectivity index (χ1n) is 10.7. The van der Waals surface area contributed by atoms with Crippen LogP contribution in [-0.4, -0.2) is 57.4 Å². The summed E-state index contributed by atoms with van der Waals surface area (Å²) in [5.74, 6) is -0.806. The van der Waals surface area contributed by atoms with Crippen molar-refractivity contribution in [3.05, 3.63) is 72.9 Å². The van der Waals surface area contributed by atoms with Gasteiger partial charge in [0, 0.05) is 23.1 Å². The first-order chi connectivity index (χ1) is 17.0. The van der Waals surface area contributed by atoms with Crippen molar-refractivity contribution in [2.75, 3.05) is 13.7 Å². The van der Waals surface area contributed by atoms with Gasteiger partial charge in [0.1, 0.15) is 18.0 Å². The Morgan fingerprint density at radius 1 is 1.42 bits per heavy atom. The summed E-state index contributed by atoms with van der Waals surface area (Å²) in [7, 11) is -3.49. The van der Waals surface area contributed by atoms with Crippen LogP contribution in [0.5, 0.6) is 5.75 Å². The number of nitrogens with one attached hydrogen (secondary N) is 2. The number of rotatable bonds is 10. The first kappa shape index (κ1) is 27.1. The van der Waals surface area contributed by atoms with Gasteiger partial charge in [-0.05, 0) is 36.6 Å². The van der Waals surface area contributed by atoms with Gasteiger partial charge in [-0.2, -0.15) is 0 Å². The molecule has 5 atom stereocenters. The van der Waals surface area contributed by atoms with E-state index in [1.807, 2.05) is 0 Å². The number of H-pyrrole nitrogens is 1. The molecule has 0 bridgehead atoms. The number of ether oxygens (including phenoxy) is 2. The molecule has 194 valence electrons. The number of carbonyl (C=O) groups excluding carboxylic acids is 1. The molecule has 16 heteroatoms. The van der Waals surface area contributed by atoms with Crippen LogP contribution in [0.3, 0.4) is 0 Å². The number of azide groups is 1. The number of methoxy groups -OCH3 is 1. The number of aryl methyl sites for hydroxylation is 1. The van der Waals surface area contributed by atoms with E-state index in [-0.39, 0.29) is 24.2 Å². The molecule has 2 aromatic rings.